The molecule has 0 atom stereocenters. The van der Waals surface area contributed by atoms with E-state index in [1.165, 1.54) is 0 Å². The summed E-state index contributed by atoms with van der Waals surface area (Å²) in [6.45, 7) is 9.39. The van der Waals surface area contributed by atoms with Crippen molar-refractivity contribution in [2.24, 2.45) is 0 Å². The van der Waals surface area contributed by atoms with E-state index in [9.17, 15) is 0 Å². The van der Waals surface area contributed by atoms with Crippen LogP contribution in [0.2, 0.25) is 0 Å². The lowest BCUT2D eigenvalue weighted by atomic mass is 10.3. The maximum Gasteiger partial charge on any atom is 0.323 e. The number of nitrogen functional groups attached to an aromatic ring is 1. The van der Waals surface area contributed by atoms with Crippen molar-refractivity contribution in [2.45, 2.75) is 52.7 Å². The number of unbranched alkanes of at least 4 members (excludes halogenated alkanes) is 1. The van der Waals surface area contributed by atoms with Crippen LogP contribution in [0.15, 0.2) is 0 Å². The van der Waals surface area contributed by atoms with E-state index in [2.05, 4.69) is 20.3 Å². The van der Waals surface area contributed by atoms with Crippen molar-refractivity contribution in [3.63, 3.8) is 0 Å². The largest absolute Gasteiger partial charge is 0.461 e. The minimum Gasteiger partial charge on any atom is -0.461 e. The van der Waals surface area contributed by atoms with Gasteiger partial charge in [-0.15, -0.1) is 0 Å². The minimum absolute atomic E-state index is 0.00201. The molecule has 20 heavy (non-hydrogen) atoms. The molecule has 0 aromatic carbocycles. The number of ether oxygens (including phenoxy) is 2. The van der Waals surface area contributed by atoms with Crippen LogP contribution in [0.5, 0.6) is 6.01 Å². The lowest BCUT2D eigenvalue weighted by molar-refractivity contribution is 0.0765. The Morgan fingerprint density at radius 1 is 1.05 bits per heavy atom. The van der Waals surface area contributed by atoms with Crippen LogP contribution < -0.4 is 15.8 Å². The van der Waals surface area contributed by atoms with Crippen molar-refractivity contribution >= 4 is 11.9 Å². The van der Waals surface area contributed by atoms with E-state index >= 15 is 0 Å². The van der Waals surface area contributed by atoms with Gasteiger partial charge in [-0.1, -0.05) is 0 Å². The fourth-order valence-corrected chi connectivity index (χ4v) is 1.46. The second-order valence-corrected chi connectivity index (χ2v) is 5.02. The van der Waals surface area contributed by atoms with E-state index in [1.54, 1.807) is 0 Å². The van der Waals surface area contributed by atoms with Gasteiger partial charge < -0.3 is 20.5 Å². The molecule has 1 aromatic rings. The van der Waals surface area contributed by atoms with Gasteiger partial charge in [0.2, 0.25) is 11.9 Å². The Bertz CT molecular complexity index is 398. The standard InChI is InChI=1S/C13H25N5O2/c1-9(2)19-8-6-5-7-15-12-16-11(14)17-13(18-12)20-10(3)4/h9-10H,5-8H2,1-4H3,(H3,14,15,16,17,18). The van der Waals surface area contributed by atoms with Gasteiger partial charge in [-0.05, 0) is 40.5 Å². The predicted octanol–water partition coefficient (Wildman–Crippen LogP) is 1.86. The Morgan fingerprint density at radius 2 is 1.80 bits per heavy atom. The highest BCUT2D eigenvalue weighted by Gasteiger charge is 2.06. The van der Waals surface area contributed by atoms with Gasteiger partial charge in [-0.2, -0.15) is 15.0 Å². The number of nitrogens with one attached hydrogen (secondary N) is 1. The SMILES string of the molecule is CC(C)OCCCCNc1nc(N)nc(OC(C)C)n1. The zero-order valence-electron chi connectivity index (χ0n) is 12.7. The summed E-state index contributed by atoms with van der Waals surface area (Å²) in [7, 11) is 0. The third-order valence-electron chi connectivity index (χ3n) is 2.28. The molecule has 0 radical (unpaired) electrons. The summed E-state index contributed by atoms with van der Waals surface area (Å²) in [6.07, 6.45) is 2.24. The maximum atomic E-state index is 5.62. The predicted molar refractivity (Wildman–Crippen MR) is 78.8 cm³/mol. The molecular weight excluding hydrogens is 258 g/mol. The topological polar surface area (TPSA) is 95.2 Å². The molecular formula is C13H25N5O2. The molecule has 0 bridgehead atoms. The molecule has 114 valence electrons. The molecule has 1 aromatic heterocycles. The van der Waals surface area contributed by atoms with E-state index < -0.39 is 0 Å². The Labute approximate surface area is 120 Å². The van der Waals surface area contributed by atoms with Crippen molar-refractivity contribution in [1.82, 2.24) is 15.0 Å². The summed E-state index contributed by atoms with van der Waals surface area (Å²) in [4.78, 5) is 12.1. The number of hydrogen-bond donors (Lipinski definition) is 2. The molecule has 0 amide bonds. The van der Waals surface area contributed by atoms with Crippen LogP contribution in [0, 0.1) is 0 Å². The number of rotatable bonds is 9. The Hall–Kier alpha value is -1.63. The van der Waals surface area contributed by atoms with Crippen LogP contribution in [-0.4, -0.2) is 40.3 Å². The van der Waals surface area contributed by atoms with Gasteiger partial charge in [0.1, 0.15) is 0 Å². The highest BCUT2D eigenvalue weighted by Crippen LogP contribution is 2.10. The smallest absolute Gasteiger partial charge is 0.323 e. The van der Waals surface area contributed by atoms with Crippen LogP contribution >= 0.6 is 0 Å². The van der Waals surface area contributed by atoms with Crippen molar-refractivity contribution in [3.8, 4) is 6.01 Å². The molecule has 0 aliphatic rings. The summed E-state index contributed by atoms with van der Waals surface area (Å²) in [5.74, 6) is 0.596. The summed E-state index contributed by atoms with van der Waals surface area (Å²) >= 11 is 0. The normalized spacial score (nSPS) is 11.1. The number of nitrogens with two attached hydrogens (primary N) is 1. The Kier molecular flexibility index (Phi) is 7.00. The molecule has 7 heteroatoms. The van der Waals surface area contributed by atoms with Crippen LogP contribution in [0.3, 0.4) is 0 Å². The first kappa shape index (κ1) is 16.4. The van der Waals surface area contributed by atoms with Crippen LogP contribution in [-0.2, 0) is 4.74 Å². The van der Waals surface area contributed by atoms with E-state index in [0.717, 1.165) is 26.0 Å². The molecule has 3 N–H and O–H groups in total. The first-order chi connectivity index (χ1) is 9.47. The van der Waals surface area contributed by atoms with Gasteiger partial charge in [0, 0.05) is 13.2 Å². The molecule has 0 aliphatic carbocycles. The first-order valence-corrected chi connectivity index (χ1v) is 7.01. The second-order valence-electron chi connectivity index (χ2n) is 5.02. The zero-order chi connectivity index (χ0) is 15.0. The number of nitrogens with zero attached hydrogens (tertiary/aromatic N) is 3. The fraction of sp³-hybridized carbons (Fsp3) is 0.769. The van der Waals surface area contributed by atoms with Crippen LogP contribution in [0.25, 0.3) is 0 Å². The van der Waals surface area contributed by atoms with Gasteiger partial charge >= 0.3 is 6.01 Å². The van der Waals surface area contributed by atoms with Crippen LogP contribution in [0.1, 0.15) is 40.5 Å². The average Bonchev–Trinajstić information content (AvgIpc) is 2.31. The molecule has 0 saturated carbocycles. The first-order valence-electron chi connectivity index (χ1n) is 7.01. The Morgan fingerprint density at radius 3 is 2.45 bits per heavy atom. The lowest BCUT2D eigenvalue weighted by Gasteiger charge is -2.10. The summed E-state index contributed by atoms with van der Waals surface area (Å²) in [5, 5.41) is 3.11. The van der Waals surface area contributed by atoms with E-state index in [-0.39, 0.29) is 24.2 Å². The minimum atomic E-state index is -0.00201. The van der Waals surface area contributed by atoms with E-state index in [1.807, 2.05) is 27.7 Å². The van der Waals surface area contributed by atoms with Crippen molar-refractivity contribution in [3.05, 3.63) is 0 Å². The van der Waals surface area contributed by atoms with Gasteiger partial charge in [-0.3, -0.25) is 0 Å². The number of hydrogen-bond acceptors (Lipinski definition) is 7. The maximum absolute atomic E-state index is 5.62. The lowest BCUT2D eigenvalue weighted by Crippen LogP contribution is -2.13. The number of anilines is 2. The monoisotopic (exact) mass is 283 g/mol. The highest BCUT2D eigenvalue weighted by atomic mass is 16.5. The molecule has 1 heterocycles. The fourth-order valence-electron chi connectivity index (χ4n) is 1.46. The van der Waals surface area contributed by atoms with E-state index in [0.29, 0.717) is 5.95 Å². The molecule has 0 unspecified atom stereocenters. The Balaban J connectivity index is 2.34. The molecule has 0 spiro atoms. The van der Waals surface area contributed by atoms with Gasteiger partial charge in [0.05, 0.1) is 12.2 Å². The number of aromatic nitrogens is 3. The zero-order valence-corrected chi connectivity index (χ0v) is 12.7. The van der Waals surface area contributed by atoms with Crippen LogP contribution in [0.4, 0.5) is 11.9 Å². The third-order valence-corrected chi connectivity index (χ3v) is 2.28. The molecule has 1 rings (SSSR count). The molecule has 0 saturated heterocycles. The van der Waals surface area contributed by atoms with Gasteiger partial charge in [-0.25, -0.2) is 0 Å². The van der Waals surface area contributed by atoms with Gasteiger partial charge in [0.15, 0.2) is 0 Å². The van der Waals surface area contributed by atoms with Crippen molar-refractivity contribution in [1.29, 1.82) is 0 Å². The average molecular weight is 283 g/mol. The third kappa shape index (κ3) is 7.08. The highest BCUT2D eigenvalue weighted by molar-refractivity contribution is 5.32. The van der Waals surface area contributed by atoms with Crippen molar-refractivity contribution < 1.29 is 9.47 Å². The summed E-state index contributed by atoms with van der Waals surface area (Å²) in [5.41, 5.74) is 5.62. The second kappa shape index (κ2) is 8.52. The molecule has 7 nitrogen and oxygen atoms in total. The molecule has 0 aliphatic heterocycles. The van der Waals surface area contributed by atoms with E-state index in [4.69, 9.17) is 15.2 Å². The van der Waals surface area contributed by atoms with Crippen molar-refractivity contribution in [2.75, 3.05) is 24.2 Å². The quantitative estimate of drug-likeness (QED) is 0.668. The molecule has 0 fully saturated rings. The summed E-state index contributed by atoms with van der Waals surface area (Å²) < 4.78 is 10.9. The van der Waals surface area contributed by atoms with Gasteiger partial charge in [0.25, 0.3) is 0 Å². The summed E-state index contributed by atoms with van der Waals surface area (Å²) in [6, 6.07) is 0.248.